The van der Waals surface area contributed by atoms with Crippen molar-refractivity contribution in [2.24, 2.45) is 0 Å². The Morgan fingerprint density at radius 3 is 2.29 bits per heavy atom. The summed E-state index contributed by atoms with van der Waals surface area (Å²) in [5, 5.41) is 8.90. The van der Waals surface area contributed by atoms with Gasteiger partial charge in [-0.2, -0.15) is 0 Å². The maximum atomic E-state index is 14.8. The van der Waals surface area contributed by atoms with Crippen molar-refractivity contribution in [1.82, 2.24) is 4.72 Å². The van der Waals surface area contributed by atoms with E-state index in [2.05, 4.69) is 38.6 Å². The molecule has 0 unspecified atom stereocenters. The van der Waals surface area contributed by atoms with E-state index in [1.807, 2.05) is 20.8 Å². The summed E-state index contributed by atoms with van der Waals surface area (Å²) in [7, 11) is -2.09. The molecule has 2 atom stereocenters. The minimum atomic E-state index is -2.09. The molecule has 0 radical (unpaired) electrons. The van der Waals surface area contributed by atoms with E-state index in [4.69, 9.17) is 9.53 Å². The largest absolute Gasteiger partial charge is 0.598 e. The maximum Gasteiger partial charge on any atom is 0.307 e. The fourth-order valence-electron chi connectivity index (χ4n) is 2.14. The summed E-state index contributed by atoms with van der Waals surface area (Å²) in [4.78, 5) is 10.9. The van der Waals surface area contributed by atoms with E-state index in [1.54, 1.807) is 12.1 Å². The Bertz CT molecular complexity index is 686. The van der Waals surface area contributed by atoms with Crippen LogP contribution in [-0.2, 0) is 27.0 Å². The van der Waals surface area contributed by atoms with Gasteiger partial charge in [-0.1, -0.05) is 32.9 Å². The molecular formula is C20H34FNO4SSi. The van der Waals surface area contributed by atoms with Crippen LogP contribution in [0.4, 0.5) is 4.39 Å². The van der Waals surface area contributed by atoms with Gasteiger partial charge in [-0.15, -0.1) is 4.72 Å². The van der Waals surface area contributed by atoms with Gasteiger partial charge in [0.1, 0.15) is 16.6 Å². The lowest BCUT2D eigenvalue weighted by atomic mass is 10.0. The quantitative estimate of drug-likeness (QED) is 0.465. The molecule has 8 heteroatoms. The van der Waals surface area contributed by atoms with E-state index in [9.17, 15) is 13.7 Å². The Labute approximate surface area is 172 Å². The molecule has 28 heavy (non-hydrogen) atoms. The summed E-state index contributed by atoms with van der Waals surface area (Å²) in [6.07, 6.45) is -0.246. The number of hydrogen-bond donors (Lipinski definition) is 2. The van der Waals surface area contributed by atoms with E-state index in [-0.39, 0.29) is 18.1 Å². The summed E-state index contributed by atoms with van der Waals surface area (Å²) in [5.74, 6) is -1.54. The standard InChI is InChI=1S/C20H34FNO4SSi/c1-19(2,3)27(25)22-17(13-26-28(7,8)20(4,5)6)15-10-9-14(11-16(15)21)12-18(23)24/h9-11,17,22H,12-13H2,1-8H3,(H,23,24)/t17-,27+/m1/s1. The van der Waals surface area contributed by atoms with E-state index in [1.165, 1.54) is 6.07 Å². The number of nitrogens with one attached hydrogen (secondary N) is 1. The molecule has 0 aliphatic heterocycles. The monoisotopic (exact) mass is 431 g/mol. The lowest BCUT2D eigenvalue weighted by Gasteiger charge is -2.37. The molecule has 0 aliphatic carbocycles. The molecule has 0 bridgehead atoms. The van der Waals surface area contributed by atoms with Gasteiger partial charge in [-0.25, -0.2) is 4.39 Å². The predicted molar refractivity (Wildman–Crippen MR) is 115 cm³/mol. The molecule has 0 saturated carbocycles. The Morgan fingerprint density at radius 1 is 1.29 bits per heavy atom. The highest BCUT2D eigenvalue weighted by atomic mass is 32.2. The summed E-state index contributed by atoms with van der Waals surface area (Å²) < 4.78 is 36.2. The first kappa shape index (κ1) is 25.1. The summed E-state index contributed by atoms with van der Waals surface area (Å²) in [6.45, 7) is 16.3. The third-order valence-electron chi connectivity index (χ3n) is 5.02. The second kappa shape index (κ2) is 9.26. The van der Waals surface area contributed by atoms with Crippen LogP contribution in [0.25, 0.3) is 0 Å². The van der Waals surface area contributed by atoms with E-state index in [0.717, 1.165) is 0 Å². The van der Waals surface area contributed by atoms with Gasteiger partial charge in [0.05, 0.1) is 13.0 Å². The van der Waals surface area contributed by atoms with Crippen molar-refractivity contribution >= 4 is 25.6 Å². The summed E-state index contributed by atoms with van der Waals surface area (Å²) in [6, 6.07) is 3.77. The van der Waals surface area contributed by atoms with Crippen molar-refractivity contribution < 1.29 is 23.3 Å². The zero-order valence-electron chi connectivity index (χ0n) is 18.2. The number of carbonyl (C=O) groups is 1. The number of aliphatic carboxylic acids is 1. The number of benzene rings is 1. The van der Waals surface area contributed by atoms with E-state index in [0.29, 0.717) is 11.1 Å². The van der Waals surface area contributed by atoms with Crippen molar-refractivity contribution in [3.63, 3.8) is 0 Å². The highest BCUT2D eigenvalue weighted by Crippen LogP contribution is 2.37. The normalized spacial score (nSPS) is 15.4. The molecule has 5 nitrogen and oxygen atoms in total. The number of hydrogen-bond acceptors (Lipinski definition) is 4. The van der Waals surface area contributed by atoms with Crippen LogP contribution < -0.4 is 4.72 Å². The lowest BCUT2D eigenvalue weighted by molar-refractivity contribution is -0.136. The van der Waals surface area contributed by atoms with Crippen LogP contribution in [0.5, 0.6) is 0 Å². The molecule has 0 fully saturated rings. The third kappa shape index (κ3) is 7.15. The summed E-state index contributed by atoms with van der Waals surface area (Å²) >= 11 is -1.42. The van der Waals surface area contributed by atoms with Gasteiger partial charge in [0.25, 0.3) is 0 Å². The van der Waals surface area contributed by atoms with Crippen molar-refractivity contribution in [1.29, 1.82) is 0 Å². The van der Waals surface area contributed by atoms with Crippen LogP contribution >= 0.6 is 0 Å². The maximum absolute atomic E-state index is 14.8. The number of carboxylic acid groups (broad SMARTS) is 1. The first-order valence-electron chi connectivity index (χ1n) is 9.37. The molecule has 1 rings (SSSR count). The van der Waals surface area contributed by atoms with E-state index >= 15 is 0 Å². The van der Waals surface area contributed by atoms with Gasteiger partial charge in [-0.3, -0.25) is 4.79 Å². The molecular weight excluding hydrogens is 397 g/mol. The summed E-state index contributed by atoms with van der Waals surface area (Å²) in [5.41, 5.74) is 0.709. The molecule has 1 aromatic carbocycles. The molecule has 1 aromatic rings. The average Bonchev–Trinajstić information content (AvgIpc) is 2.49. The van der Waals surface area contributed by atoms with Gasteiger partial charge in [0.15, 0.2) is 8.32 Å². The van der Waals surface area contributed by atoms with Gasteiger partial charge in [-0.05, 0) is 50.5 Å². The molecule has 0 heterocycles. The number of halogens is 1. The fraction of sp³-hybridized carbons (Fsp3) is 0.650. The van der Waals surface area contributed by atoms with Gasteiger partial charge < -0.3 is 14.1 Å². The highest BCUT2D eigenvalue weighted by molar-refractivity contribution is 7.90. The molecule has 0 saturated heterocycles. The lowest BCUT2D eigenvalue weighted by Crippen LogP contribution is -2.46. The van der Waals surface area contributed by atoms with Gasteiger partial charge >= 0.3 is 5.97 Å². The Morgan fingerprint density at radius 2 is 1.86 bits per heavy atom. The third-order valence-corrected chi connectivity index (χ3v) is 11.1. The zero-order valence-corrected chi connectivity index (χ0v) is 20.0. The van der Waals surface area contributed by atoms with Crippen molar-refractivity contribution in [2.45, 2.75) is 76.9 Å². The second-order valence-electron chi connectivity index (χ2n) is 9.55. The second-order valence-corrected chi connectivity index (χ2v) is 16.4. The van der Waals surface area contributed by atoms with Crippen LogP contribution in [0.1, 0.15) is 58.7 Å². The number of rotatable bonds is 8. The van der Waals surface area contributed by atoms with Gasteiger partial charge in [0.2, 0.25) is 0 Å². The highest BCUT2D eigenvalue weighted by Gasteiger charge is 2.39. The van der Waals surface area contributed by atoms with Crippen LogP contribution in [-0.4, -0.2) is 35.3 Å². The Balaban J connectivity index is 3.15. The minimum absolute atomic E-state index is 0.00931. The first-order chi connectivity index (χ1) is 12.5. The SMILES string of the molecule is CC(C)(C)[S@+]([O-])N[C@H](CO[Si](C)(C)C(C)(C)C)c1ccc(CC(=O)O)cc1F. The first-order valence-corrected chi connectivity index (χ1v) is 13.4. The topological polar surface area (TPSA) is 81.6 Å². The van der Waals surface area contributed by atoms with Crippen LogP contribution in [0.3, 0.4) is 0 Å². The van der Waals surface area contributed by atoms with Crippen LogP contribution in [0.15, 0.2) is 18.2 Å². The van der Waals surface area contributed by atoms with Crippen LogP contribution in [0, 0.1) is 5.82 Å². The van der Waals surface area contributed by atoms with Crippen molar-refractivity contribution in [3.8, 4) is 0 Å². The van der Waals surface area contributed by atoms with Crippen molar-refractivity contribution in [3.05, 3.63) is 35.1 Å². The fourth-order valence-corrected chi connectivity index (χ4v) is 3.96. The number of carboxylic acids is 1. The van der Waals surface area contributed by atoms with Crippen LogP contribution in [0.2, 0.25) is 18.1 Å². The van der Waals surface area contributed by atoms with Crippen molar-refractivity contribution in [2.75, 3.05) is 6.61 Å². The Kier molecular flexibility index (Phi) is 8.30. The Hall–Kier alpha value is -0.933. The molecule has 2 N–H and O–H groups in total. The van der Waals surface area contributed by atoms with Gasteiger partial charge in [0, 0.05) is 16.9 Å². The van der Waals surface area contributed by atoms with E-state index < -0.39 is 42.3 Å². The zero-order chi connectivity index (χ0) is 21.9. The smallest absolute Gasteiger partial charge is 0.307 e. The molecule has 0 spiro atoms. The molecule has 0 amide bonds. The predicted octanol–water partition coefficient (Wildman–Crippen LogP) is 4.57. The molecule has 0 aliphatic rings. The molecule has 0 aromatic heterocycles. The minimum Gasteiger partial charge on any atom is -0.598 e. The molecule has 160 valence electrons. The average molecular weight is 432 g/mol.